The highest BCUT2D eigenvalue weighted by Crippen LogP contribution is 2.25. The lowest BCUT2D eigenvalue weighted by atomic mass is 10.0. The Morgan fingerprint density at radius 3 is 2.38 bits per heavy atom. The molecule has 128 valence electrons. The predicted molar refractivity (Wildman–Crippen MR) is 103 cm³/mol. The van der Waals surface area contributed by atoms with Crippen molar-refractivity contribution in [3.8, 4) is 11.1 Å². The minimum absolute atomic E-state index is 0.158. The average Bonchev–Trinajstić information content (AvgIpc) is 3.04. The second-order valence-electron chi connectivity index (χ2n) is 6.06. The summed E-state index contributed by atoms with van der Waals surface area (Å²) in [5, 5.41) is 14.9. The molecule has 0 saturated carbocycles. The molecule has 0 aliphatic rings. The zero-order chi connectivity index (χ0) is 18.1. The molecule has 0 unspecified atom stereocenters. The van der Waals surface area contributed by atoms with Crippen LogP contribution >= 0.6 is 11.6 Å². The van der Waals surface area contributed by atoms with E-state index in [1.807, 2.05) is 30.3 Å². The fraction of sp³-hybridized carbons (Fsp3) is 0.0476. The molecule has 4 aromatic rings. The van der Waals surface area contributed by atoms with Crippen LogP contribution in [0.15, 0.2) is 72.9 Å². The molecule has 0 amide bonds. The molecule has 0 aliphatic heterocycles. The molecule has 0 aliphatic carbocycles. The minimum atomic E-state index is -1.02. The number of nitrogens with zero attached hydrogens (tertiary/aromatic N) is 2. The lowest BCUT2D eigenvalue weighted by Gasteiger charge is -2.08. The quantitative estimate of drug-likeness (QED) is 0.549. The summed E-state index contributed by atoms with van der Waals surface area (Å²) in [7, 11) is 0. The van der Waals surface area contributed by atoms with Gasteiger partial charge in [-0.2, -0.15) is 5.10 Å². The summed E-state index contributed by atoms with van der Waals surface area (Å²) in [5.74, 6) is -1.02. The van der Waals surface area contributed by atoms with Gasteiger partial charge in [-0.05, 0) is 28.8 Å². The molecule has 3 aromatic carbocycles. The van der Waals surface area contributed by atoms with E-state index in [2.05, 4.69) is 29.4 Å². The fourth-order valence-electron chi connectivity index (χ4n) is 3.09. The van der Waals surface area contributed by atoms with Crippen molar-refractivity contribution < 1.29 is 9.90 Å². The number of hydrogen-bond acceptors (Lipinski definition) is 2. The van der Waals surface area contributed by atoms with E-state index in [1.54, 1.807) is 16.9 Å². The van der Waals surface area contributed by atoms with Gasteiger partial charge in [-0.25, -0.2) is 4.79 Å². The van der Waals surface area contributed by atoms with E-state index in [9.17, 15) is 9.90 Å². The Kier molecular flexibility index (Phi) is 4.19. The van der Waals surface area contributed by atoms with Crippen molar-refractivity contribution in [2.75, 3.05) is 0 Å². The van der Waals surface area contributed by atoms with E-state index in [-0.39, 0.29) is 5.56 Å². The van der Waals surface area contributed by atoms with Crippen LogP contribution in [0.25, 0.3) is 22.0 Å². The van der Waals surface area contributed by atoms with Crippen LogP contribution in [-0.2, 0) is 6.54 Å². The second-order valence-corrected chi connectivity index (χ2v) is 6.50. The zero-order valence-corrected chi connectivity index (χ0v) is 14.5. The van der Waals surface area contributed by atoms with Crippen LogP contribution in [0.3, 0.4) is 0 Å². The van der Waals surface area contributed by atoms with E-state index in [4.69, 9.17) is 11.6 Å². The maximum atomic E-state index is 11.6. The summed E-state index contributed by atoms with van der Waals surface area (Å²) in [6.45, 7) is 0.487. The van der Waals surface area contributed by atoms with E-state index < -0.39 is 5.97 Å². The molecule has 5 heteroatoms. The second kappa shape index (κ2) is 6.65. The van der Waals surface area contributed by atoms with E-state index in [0.717, 1.165) is 22.1 Å². The number of aromatic carboxylic acids is 1. The summed E-state index contributed by atoms with van der Waals surface area (Å²) in [5.41, 5.74) is 4.07. The van der Waals surface area contributed by atoms with Crippen molar-refractivity contribution in [3.63, 3.8) is 0 Å². The molecule has 1 aromatic heterocycles. The first-order chi connectivity index (χ1) is 12.6. The molecule has 0 radical (unpaired) electrons. The van der Waals surface area contributed by atoms with Crippen molar-refractivity contribution in [1.29, 1.82) is 0 Å². The number of carbonyl (C=O) groups is 1. The number of halogens is 1. The van der Waals surface area contributed by atoms with Gasteiger partial charge in [-0.1, -0.05) is 66.2 Å². The van der Waals surface area contributed by atoms with Crippen molar-refractivity contribution in [2.24, 2.45) is 0 Å². The molecule has 26 heavy (non-hydrogen) atoms. The summed E-state index contributed by atoms with van der Waals surface area (Å²) < 4.78 is 1.70. The summed E-state index contributed by atoms with van der Waals surface area (Å²) in [4.78, 5) is 11.6. The molecule has 0 atom stereocenters. The van der Waals surface area contributed by atoms with Gasteiger partial charge < -0.3 is 5.11 Å². The highest BCUT2D eigenvalue weighted by molar-refractivity contribution is 6.32. The van der Waals surface area contributed by atoms with Gasteiger partial charge in [0.05, 0.1) is 23.8 Å². The van der Waals surface area contributed by atoms with Crippen LogP contribution in [0.4, 0.5) is 0 Å². The Balaban J connectivity index is 1.69. The highest BCUT2D eigenvalue weighted by atomic mass is 35.5. The first-order valence-electron chi connectivity index (χ1n) is 8.14. The summed E-state index contributed by atoms with van der Waals surface area (Å²) in [6, 6.07) is 21.5. The Morgan fingerprint density at radius 1 is 1.00 bits per heavy atom. The van der Waals surface area contributed by atoms with E-state index >= 15 is 0 Å². The van der Waals surface area contributed by atoms with Crippen LogP contribution in [-0.4, -0.2) is 20.9 Å². The molecule has 0 spiro atoms. The maximum Gasteiger partial charge on any atom is 0.337 e. The van der Waals surface area contributed by atoms with Gasteiger partial charge in [0, 0.05) is 10.4 Å². The van der Waals surface area contributed by atoms with Crippen molar-refractivity contribution >= 4 is 28.5 Å². The molecular formula is C21H15ClN2O2. The predicted octanol–water partition coefficient (Wildman–Crippen LogP) is 5.10. The monoisotopic (exact) mass is 362 g/mol. The summed E-state index contributed by atoms with van der Waals surface area (Å²) in [6.07, 6.45) is 1.64. The first kappa shape index (κ1) is 16.4. The van der Waals surface area contributed by atoms with Crippen molar-refractivity contribution in [3.05, 3.63) is 89.1 Å². The van der Waals surface area contributed by atoms with Gasteiger partial charge in [0.1, 0.15) is 0 Å². The first-order valence-corrected chi connectivity index (χ1v) is 8.52. The number of aromatic nitrogens is 2. The molecule has 1 heterocycles. The number of carboxylic acids is 1. The van der Waals surface area contributed by atoms with Crippen LogP contribution < -0.4 is 0 Å². The molecule has 1 N–H and O–H groups in total. The largest absolute Gasteiger partial charge is 0.478 e. The molecule has 0 fully saturated rings. The van der Waals surface area contributed by atoms with E-state index in [1.165, 1.54) is 6.07 Å². The van der Waals surface area contributed by atoms with Gasteiger partial charge in [0.25, 0.3) is 0 Å². The van der Waals surface area contributed by atoms with Crippen LogP contribution in [0, 0.1) is 0 Å². The highest BCUT2D eigenvalue weighted by Gasteiger charge is 2.15. The standard InChI is InChI=1S/C21H15ClN2O2/c22-18-10-17-12-23-24(20(17)19(11-18)21(25)26)13-14-6-8-16(9-7-14)15-4-2-1-3-5-15/h1-12H,13H2,(H,25,26). The van der Waals surface area contributed by atoms with Crippen LogP contribution in [0.2, 0.25) is 5.02 Å². The van der Waals surface area contributed by atoms with Gasteiger partial charge >= 0.3 is 5.97 Å². The van der Waals surface area contributed by atoms with Crippen molar-refractivity contribution in [2.45, 2.75) is 6.54 Å². The average molecular weight is 363 g/mol. The lowest BCUT2D eigenvalue weighted by molar-refractivity contribution is 0.0698. The van der Waals surface area contributed by atoms with Gasteiger partial charge in [-0.3, -0.25) is 4.68 Å². The topological polar surface area (TPSA) is 55.1 Å². The van der Waals surface area contributed by atoms with Crippen molar-refractivity contribution in [1.82, 2.24) is 9.78 Å². The SMILES string of the molecule is O=C(O)c1cc(Cl)cc2cnn(Cc3ccc(-c4ccccc4)cc3)c12. The fourth-order valence-corrected chi connectivity index (χ4v) is 3.31. The molecular weight excluding hydrogens is 348 g/mol. The van der Waals surface area contributed by atoms with Gasteiger partial charge in [0.15, 0.2) is 0 Å². The normalized spacial score (nSPS) is 11.0. The van der Waals surface area contributed by atoms with E-state index in [0.29, 0.717) is 17.1 Å². The number of hydrogen-bond donors (Lipinski definition) is 1. The Bertz CT molecular complexity index is 1090. The molecule has 4 rings (SSSR count). The maximum absolute atomic E-state index is 11.6. The zero-order valence-electron chi connectivity index (χ0n) is 13.8. The van der Waals surface area contributed by atoms with Gasteiger partial charge in [-0.15, -0.1) is 0 Å². The smallest absolute Gasteiger partial charge is 0.337 e. The van der Waals surface area contributed by atoms with Crippen LogP contribution in [0.1, 0.15) is 15.9 Å². The number of carboxylic acid groups (broad SMARTS) is 1. The molecule has 0 bridgehead atoms. The number of benzene rings is 3. The minimum Gasteiger partial charge on any atom is -0.478 e. The third kappa shape index (κ3) is 3.07. The Morgan fingerprint density at radius 2 is 1.69 bits per heavy atom. The number of rotatable bonds is 4. The van der Waals surface area contributed by atoms with Crippen LogP contribution in [0.5, 0.6) is 0 Å². The molecule has 0 saturated heterocycles. The molecule has 4 nitrogen and oxygen atoms in total. The Labute approximate surface area is 155 Å². The van der Waals surface area contributed by atoms with Gasteiger partial charge in [0.2, 0.25) is 0 Å². The third-order valence-electron chi connectivity index (χ3n) is 4.32. The Hall–Kier alpha value is -3.11. The summed E-state index contributed by atoms with van der Waals surface area (Å²) >= 11 is 6.01. The lowest BCUT2D eigenvalue weighted by Crippen LogP contribution is -2.06. The third-order valence-corrected chi connectivity index (χ3v) is 4.54. The number of fused-ring (bicyclic) bond motifs is 1.